The third-order valence-electron chi connectivity index (χ3n) is 5.57. The van der Waals surface area contributed by atoms with Gasteiger partial charge in [-0.25, -0.2) is 18.6 Å². The Morgan fingerprint density at radius 3 is 2.52 bits per heavy atom. The lowest BCUT2D eigenvalue weighted by atomic mass is 10.1. The molecule has 1 aromatic carbocycles. The predicted octanol–water partition coefficient (Wildman–Crippen LogP) is 4.39. The molecule has 6 nitrogen and oxygen atoms in total. The van der Waals surface area contributed by atoms with E-state index >= 15 is 0 Å². The lowest BCUT2D eigenvalue weighted by Crippen LogP contribution is -2.37. The van der Waals surface area contributed by atoms with Crippen LogP contribution in [-0.4, -0.2) is 34.7 Å². The molecule has 8 heteroatoms. The molecule has 2 aromatic rings. The molecule has 0 bridgehead atoms. The molecule has 0 N–H and O–H groups in total. The summed E-state index contributed by atoms with van der Waals surface area (Å²) >= 11 is 0. The molecule has 1 saturated heterocycles. The minimum atomic E-state index is -0.559. The minimum absolute atomic E-state index is 0.0751. The number of nitrogens with zero attached hydrogens (tertiary/aromatic N) is 3. The summed E-state index contributed by atoms with van der Waals surface area (Å²) in [6.07, 6.45) is -0.353. The first-order chi connectivity index (χ1) is 14.7. The van der Waals surface area contributed by atoms with Gasteiger partial charge in [0.15, 0.2) is 0 Å². The highest BCUT2D eigenvalue weighted by Crippen LogP contribution is 2.58. The fraction of sp³-hybridized carbons (Fsp3) is 0.435. The largest absolute Gasteiger partial charge is 0.473 e. The van der Waals surface area contributed by atoms with Crippen LogP contribution in [0.3, 0.4) is 0 Å². The van der Waals surface area contributed by atoms with E-state index in [1.807, 2.05) is 26.8 Å². The number of hydrogen-bond acceptors (Lipinski definition) is 5. The SMILES string of the molecule is CC(C)(C)OC(=O)N1C[C@@H]2C(c3nc(OCc4ccc(C#N)cc4F)ccc3F)[C@@H]2C1. The number of carbonyl (C=O) groups is 1. The monoisotopic (exact) mass is 427 g/mol. The van der Waals surface area contributed by atoms with Gasteiger partial charge in [0.2, 0.25) is 5.88 Å². The molecule has 31 heavy (non-hydrogen) atoms. The standard InChI is InChI=1S/C23H23F2N3O3/c1-23(2,3)31-22(29)28-10-15-16(11-28)20(15)21-17(24)6-7-19(27-21)30-12-14-5-4-13(9-26)8-18(14)25/h4-8,15-16,20H,10-12H2,1-3H3/t15-,16+,20?. The van der Waals surface area contributed by atoms with Crippen LogP contribution < -0.4 is 4.74 Å². The maximum atomic E-state index is 14.4. The number of likely N-dealkylation sites (tertiary alicyclic amines) is 1. The molecular weight excluding hydrogens is 404 g/mol. The summed E-state index contributed by atoms with van der Waals surface area (Å²) in [5.74, 6) is -0.551. The molecule has 4 rings (SSSR count). The van der Waals surface area contributed by atoms with Gasteiger partial charge in [-0.05, 0) is 50.8 Å². The number of amides is 1. The van der Waals surface area contributed by atoms with Crippen LogP contribution in [0.2, 0.25) is 0 Å². The second-order valence-corrected chi connectivity index (χ2v) is 8.96. The van der Waals surface area contributed by atoms with Gasteiger partial charge in [0, 0.05) is 30.6 Å². The zero-order valence-electron chi connectivity index (χ0n) is 17.6. The number of fused-ring (bicyclic) bond motifs is 1. The van der Waals surface area contributed by atoms with E-state index in [2.05, 4.69) is 4.98 Å². The van der Waals surface area contributed by atoms with Gasteiger partial charge < -0.3 is 14.4 Å². The Bertz CT molecular complexity index is 1050. The van der Waals surface area contributed by atoms with Crippen molar-refractivity contribution in [2.45, 2.75) is 38.9 Å². The van der Waals surface area contributed by atoms with E-state index in [9.17, 15) is 13.6 Å². The van der Waals surface area contributed by atoms with Crippen molar-refractivity contribution in [1.82, 2.24) is 9.88 Å². The Labute approximate surface area is 179 Å². The molecule has 162 valence electrons. The van der Waals surface area contributed by atoms with Crippen molar-refractivity contribution in [1.29, 1.82) is 5.26 Å². The quantitative estimate of drug-likeness (QED) is 0.723. The Hall–Kier alpha value is -3.21. The number of benzene rings is 1. The number of piperidine rings is 1. The molecule has 1 amide bonds. The Morgan fingerprint density at radius 2 is 1.90 bits per heavy atom. The van der Waals surface area contributed by atoms with Crippen molar-refractivity contribution in [3.63, 3.8) is 0 Å². The molecule has 2 fully saturated rings. The number of halogens is 2. The summed E-state index contributed by atoms with van der Waals surface area (Å²) in [5, 5.41) is 8.82. The Kier molecular flexibility index (Phi) is 5.29. The summed E-state index contributed by atoms with van der Waals surface area (Å²) in [6, 6.07) is 8.71. The van der Waals surface area contributed by atoms with E-state index in [0.717, 1.165) is 6.07 Å². The van der Waals surface area contributed by atoms with Crippen molar-refractivity contribution in [2.75, 3.05) is 13.1 Å². The number of aromatic nitrogens is 1. The van der Waals surface area contributed by atoms with Crippen LogP contribution in [0.25, 0.3) is 0 Å². The number of pyridine rings is 1. The van der Waals surface area contributed by atoms with Crippen molar-refractivity contribution < 1.29 is 23.0 Å². The van der Waals surface area contributed by atoms with Gasteiger partial charge in [0.25, 0.3) is 0 Å². The summed E-state index contributed by atoms with van der Waals surface area (Å²) in [4.78, 5) is 18.2. The lowest BCUT2D eigenvalue weighted by Gasteiger charge is -2.25. The molecule has 3 atom stereocenters. The van der Waals surface area contributed by atoms with Gasteiger partial charge in [-0.3, -0.25) is 0 Å². The highest BCUT2D eigenvalue weighted by molar-refractivity contribution is 5.69. The number of hydrogen-bond donors (Lipinski definition) is 0. The first-order valence-corrected chi connectivity index (χ1v) is 10.1. The summed E-state index contributed by atoms with van der Waals surface area (Å²) in [7, 11) is 0. The van der Waals surface area contributed by atoms with Crippen LogP contribution in [-0.2, 0) is 11.3 Å². The predicted molar refractivity (Wildman–Crippen MR) is 107 cm³/mol. The molecule has 1 saturated carbocycles. The van der Waals surface area contributed by atoms with Gasteiger partial charge in [-0.1, -0.05) is 6.07 Å². The maximum Gasteiger partial charge on any atom is 0.410 e. The molecule has 1 aliphatic carbocycles. The van der Waals surface area contributed by atoms with E-state index in [1.165, 1.54) is 24.3 Å². The van der Waals surface area contributed by atoms with Crippen LogP contribution >= 0.6 is 0 Å². The fourth-order valence-corrected chi connectivity index (χ4v) is 4.05. The van der Waals surface area contributed by atoms with Gasteiger partial charge in [0.1, 0.15) is 23.8 Å². The molecule has 1 aromatic heterocycles. The molecule has 0 radical (unpaired) electrons. The molecule has 2 aliphatic rings. The maximum absolute atomic E-state index is 14.4. The Morgan fingerprint density at radius 1 is 1.19 bits per heavy atom. The second kappa shape index (κ2) is 7.80. The second-order valence-electron chi connectivity index (χ2n) is 8.96. The Balaban J connectivity index is 1.39. The fourth-order valence-electron chi connectivity index (χ4n) is 4.05. The van der Waals surface area contributed by atoms with E-state index < -0.39 is 17.2 Å². The number of carbonyl (C=O) groups excluding carboxylic acids is 1. The van der Waals surface area contributed by atoms with E-state index in [0.29, 0.717) is 18.8 Å². The first-order valence-electron chi connectivity index (χ1n) is 10.1. The van der Waals surface area contributed by atoms with E-state index in [4.69, 9.17) is 14.7 Å². The summed E-state index contributed by atoms with van der Waals surface area (Å²) < 4.78 is 39.4. The van der Waals surface area contributed by atoms with Crippen LogP contribution in [0.1, 0.15) is 43.5 Å². The van der Waals surface area contributed by atoms with E-state index in [-0.39, 0.29) is 47.5 Å². The van der Waals surface area contributed by atoms with Crippen LogP contribution in [0, 0.1) is 34.8 Å². The number of rotatable bonds is 4. The minimum Gasteiger partial charge on any atom is -0.473 e. The number of ether oxygens (including phenoxy) is 2. The van der Waals surface area contributed by atoms with Crippen molar-refractivity contribution >= 4 is 6.09 Å². The highest BCUT2D eigenvalue weighted by Gasteiger charge is 2.59. The topological polar surface area (TPSA) is 75.4 Å². The third-order valence-corrected chi connectivity index (χ3v) is 5.57. The normalized spacial score (nSPS) is 21.9. The van der Waals surface area contributed by atoms with Crippen molar-refractivity contribution in [3.05, 3.63) is 58.8 Å². The summed E-state index contributed by atoms with van der Waals surface area (Å²) in [6.45, 7) is 6.39. The zero-order valence-corrected chi connectivity index (χ0v) is 17.6. The van der Waals surface area contributed by atoms with Gasteiger partial charge >= 0.3 is 6.09 Å². The molecule has 1 aliphatic heterocycles. The van der Waals surface area contributed by atoms with Crippen LogP contribution in [0.15, 0.2) is 30.3 Å². The third kappa shape index (κ3) is 4.46. The average Bonchev–Trinajstić information content (AvgIpc) is 3.18. The molecule has 0 spiro atoms. The van der Waals surface area contributed by atoms with E-state index in [1.54, 1.807) is 4.90 Å². The van der Waals surface area contributed by atoms with Gasteiger partial charge in [-0.2, -0.15) is 5.26 Å². The van der Waals surface area contributed by atoms with Crippen molar-refractivity contribution in [2.24, 2.45) is 11.8 Å². The highest BCUT2D eigenvalue weighted by atomic mass is 19.1. The molecule has 2 heterocycles. The first kappa shape index (κ1) is 21.0. The van der Waals surface area contributed by atoms with Gasteiger partial charge in [0.05, 0.1) is 17.3 Å². The number of nitriles is 1. The molecule has 1 unspecified atom stereocenters. The smallest absolute Gasteiger partial charge is 0.410 e. The van der Waals surface area contributed by atoms with Gasteiger partial charge in [-0.15, -0.1) is 0 Å². The lowest BCUT2D eigenvalue weighted by molar-refractivity contribution is 0.0270. The van der Waals surface area contributed by atoms with Crippen molar-refractivity contribution in [3.8, 4) is 11.9 Å². The van der Waals surface area contributed by atoms with Crippen LogP contribution in [0.4, 0.5) is 13.6 Å². The molecular formula is C23H23F2N3O3. The zero-order chi connectivity index (χ0) is 22.3. The average molecular weight is 427 g/mol. The van der Waals surface area contributed by atoms with Crippen LogP contribution in [0.5, 0.6) is 5.88 Å². The summed E-state index contributed by atoms with van der Waals surface area (Å²) in [5.41, 5.74) is 0.264.